The van der Waals surface area contributed by atoms with Crippen LogP contribution >= 0.6 is 0 Å². The first-order valence-corrected chi connectivity index (χ1v) is 7.80. The average molecular weight is 376 g/mol. The Balaban J connectivity index is 2.06. The van der Waals surface area contributed by atoms with Gasteiger partial charge in [0.05, 0.1) is 17.6 Å². The SMILES string of the molecule is COC(=O)c1ccc(OCC(=O)N(C)Cc2ccccc2F)c([N+](=O)[O-])c1. The fourth-order valence-corrected chi connectivity index (χ4v) is 2.25. The molecule has 0 spiro atoms. The molecule has 8 nitrogen and oxygen atoms in total. The Labute approximate surface area is 154 Å². The van der Waals surface area contributed by atoms with Crippen LogP contribution in [0.1, 0.15) is 15.9 Å². The molecule has 0 saturated heterocycles. The number of carbonyl (C=O) groups excluding carboxylic acids is 2. The lowest BCUT2D eigenvalue weighted by atomic mass is 10.2. The standard InChI is InChI=1S/C18H17FN2O6/c1-20(10-13-5-3-4-6-14(13)19)17(22)11-27-16-8-7-12(18(23)26-2)9-15(16)21(24)25/h3-9H,10-11H2,1-2H3. The van der Waals surface area contributed by atoms with Crippen molar-refractivity contribution >= 4 is 17.6 Å². The molecule has 0 atom stereocenters. The Kier molecular flexibility index (Phi) is 6.42. The first-order valence-electron chi connectivity index (χ1n) is 7.80. The van der Waals surface area contributed by atoms with Gasteiger partial charge in [-0.25, -0.2) is 9.18 Å². The summed E-state index contributed by atoms with van der Waals surface area (Å²) in [6.45, 7) is -0.457. The average Bonchev–Trinajstić information content (AvgIpc) is 2.66. The van der Waals surface area contributed by atoms with E-state index in [9.17, 15) is 24.1 Å². The molecule has 0 heterocycles. The number of nitrogens with zero attached hydrogens (tertiary/aromatic N) is 2. The Hall–Kier alpha value is -3.49. The molecular formula is C18H17FN2O6. The van der Waals surface area contributed by atoms with E-state index in [-0.39, 0.29) is 17.9 Å². The fourth-order valence-electron chi connectivity index (χ4n) is 2.25. The highest BCUT2D eigenvalue weighted by Gasteiger charge is 2.21. The Morgan fingerprint density at radius 3 is 2.56 bits per heavy atom. The molecule has 0 fully saturated rings. The number of methoxy groups -OCH3 is 1. The van der Waals surface area contributed by atoms with Crippen molar-refractivity contribution in [2.45, 2.75) is 6.54 Å². The molecule has 27 heavy (non-hydrogen) atoms. The first-order chi connectivity index (χ1) is 12.8. The summed E-state index contributed by atoms with van der Waals surface area (Å²) in [6.07, 6.45) is 0. The van der Waals surface area contributed by atoms with Gasteiger partial charge in [0.15, 0.2) is 12.4 Å². The van der Waals surface area contributed by atoms with Gasteiger partial charge in [-0.2, -0.15) is 0 Å². The molecule has 2 rings (SSSR count). The molecule has 142 valence electrons. The van der Waals surface area contributed by atoms with Crippen LogP contribution in [-0.2, 0) is 16.1 Å². The lowest BCUT2D eigenvalue weighted by Gasteiger charge is -2.18. The topological polar surface area (TPSA) is 99.0 Å². The van der Waals surface area contributed by atoms with Crippen LogP contribution in [0.5, 0.6) is 5.75 Å². The normalized spacial score (nSPS) is 10.2. The van der Waals surface area contributed by atoms with E-state index in [2.05, 4.69) is 4.74 Å². The van der Waals surface area contributed by atoms with E-state index in [4.69, 9.17) is 4.74 Å². The predicted octanol–water partition coefficient (Wildman–Crippen LogP) is 2.56. The van der Waals surface area contributed by atoms with Crippen molar-refractivity contribution in [2.24, 2.45) is 0 Å². The minimum atomic E-state index is -0.731. The number of carbonyl (C=O) groups is 2. The second kappa shape index (κ2) is 8.75. The molecule has 0 aliphatic heterocycles. The van der Waals surface area contributed by atoms with Gasteiger partial charge in [-0.1, -0.05) is 18.2 Å². The number of nitro benzene ring substituents is 1. The van der Waals surface area contributed by atoms with Gasteiger partial charge in [-0.15, -0.1) is 0 Å². The van der Waals surface area contributed by atoms with Crippen LogP contribution in [-0.4, -0.2) is 42.5 Å². The van der Waals surface area contributed by atoms with E-state index in [0.717, 1.165) is 13.2 Å². The first kappa shape index (κ1) is 19.8. The molecular weight excluding hydrogens is 359 g/mol. The molecule has 9 heteroatoms. The zero-order chi connectivity index (χ0) is 20.0. The quantitative estimate of drug-likeness (QED) is 0.418. The molecule has 0 N–H and O–H groups in total. The second-order valence-electron chi connectivity index (χ2n) is 5.56. The summed E-state index contributed by atoms with van der Waals surface area (Å²) in [5.74, 6) is -1.83. The van der Waals surface area contributed by atoms with Gasteiger partial charge in [0.2, 0.25) is 0 Å². The van der Waals surface area contributed by atoms with Crippen molar-refractivity contribution in [3.63, 3.8) is 0 Å². The Morgan fingerprint density at radius 2 is 1.93 bits per heavy atom. The fraction of sp³-hybridized carbons (Fsp3) is 0.222. The van der Waals surface area contributed by atoms with E-state index in [1.807, 2.05) is 0 Å². The number of rotatable bonds is 7. The molecule has 0 aliphatic carbocycles. The summed E-state index contributed by atoms with van der Waals surface area (Å²) < 4.78 is 23.4. The van der Waals surface area contributed by atoms with E-state index in [1.54, 1.807) is 18.2 Å². The van der Waals surface area contributed by atoms with E-state index in [0.29, 0.717) is 5.56 Å². The third kappa shape index (κ3) is 5.00. The highest BCUT2D eigenvalue weighted by atomic mass is 19.1. The third-order valence-electron chi connectivity index (χ3n) is 3.72. The highest BCUT2D eigenvalue weighted by Crippen LogP contribution is 2.28. The van der Waals surface area contributed by atoms with Crippen LogP contribution < -0.4 is 4.74 Å². The van der Waals surface area contributed by atoms with Crippen molar-refractivity contribution in [1.82, 2.24) is 4.90 Å². The van der Waals surface area contributed by atoms with Gasteiger partial charge in [0, 0.05) is 25.2 Å². The molecule has 0 saturated carbocycles. The molecule has 2 aromatic rings. The van der Waals surface area contributed by atoms with E-state index in [1.165, 1.54) is 30.1 Å². The van der Waals surface area contributed by atoms with Crippen LogP contribution in [0, 0.1) is 15.9 Å². The summed E-state index contributed by atoms with van der Waals surface area (Å²) >= 11 is 0. The number of hydrogen-bond acceptors (Lipinski definition) is 6. The largest absolute Gasteiger partial charge is 0.477 e. The second-order valence-corrected chi connectivity index (χ2v) is 5.56. The molecule has 0 aliphatic rings. The minimum Gasteiger partial charge on any atom is -0.477 e. The van der Waals surface area contributed by atoms with Gasteiger partial charge in [-0.3, -0.25) is 14.9 Å². The number of nitro groups is 1. The van der Waals surface area contributed by atoms with Crippen molar-refractivity contribution in [3.05, 3.63) is 69.5 Å². The Bertz CT molecular complexity index is 871. The van der Waals surface area contributed by atoms with Gasteiger partial charge in [0.1, 0.15) is 5.82 Å². The number of likely N-dealkylation sites (N-methyl/N-ethyl adjacent to an activating group) is 1. The van der Waals surface area contributed by atoms with Crippen LogP contribution in [0.25, 0.3) is 0 Å². The van der Waals surface area contributed by atoms with Crippen LogP contribution in [0.15, 0.2) is 42.5 Å². The lowest BCUT2D eigenvalue weighted by Crippen LogP contribution is -2.31. The summed E-state index contributed by atoms with van der Waals surface area (Å²) in [7, 11) is 2.62. The van der Waals surface area contributed by atoms with E-state index >= 15 is 0 Å². The zero-order valence-electron chi connectivity index (χ0n) is 14.7. The molecule has 2 aromatic carbocycles. The van der Waals surface area contributed by atoms with Gasteiger partial charge in [0.25, 0.3) is 5.91 Å². The number of halogens is 1. The number of hydrogen-bond donors (Lipinski definition) is 0. The minimum absolute atomic E-state index is 0.0143. The van der Waals surface area contributed by atoms with Crippen molar-refractivity contribution in [2.75, 3.05) is 20.8 Å². The monoisotopic (exact) mass is 376 g/mol. The predicted molar refractivity (Wildman–Crippen MR) is 92.8 cm³/mol. The maximum Gasteiger partial charge on any atom is 0.338 e. The maximum atomic E-state index is 13.7. The van der Waals surface area contributed by atoms with Gasteiger partial charge in [-0.05, 0) is 18.2 Å². The van der Waals surface area contributed by atoms with Crippen LogP contribution in [0.2, 0.25) is 0 Å². The summed E-state index contributed by atoms with van der Waals surface area (Å²) in [6, 6.07) is 9.55. The molecule has 0 bridgehead atoms. The highest BCUT2D eigenvalue weighted by molar-refractivity contribution is 5.90. The number of ether oxygens (including phenoxy) is 2. The third-order valence-corrected chi connectivity index (χ3v) is 3.72. The van der Waals surface area contributed by atoms with Gasteiger partial charge < -0.3 is 14.4 Å². The zero-order valence-corrected chi connectivity index (χ0v) is 14.7. The van der Waals surface area contributed by atoms with Crippen LogP contribution in [0.3, 0.4) is 0 Å². The number of esters is 1. The van der Waals surface area contributed by atoms with Crippen molar-refractivity contribution in [3.8, 4) is 5.75 Å². The molecule has 0 radical (unpaired) electrons. The van der Waals surface area contributed by atoms with Crippen molar-refractivity contribution in [1.29, 1.82) is 0 Å². The van der Waals surface area contributed by atoms with Gasteiger partial charge >= 0.3 is 11.7 Å². The smallest absolute Gasteiger partial charge is 0.338 e. The Morgan fingerprint density at radius 1 is 1.22 bits per heavy atom. The summed E-state index contributed by atoms with van der Waals surface area (Å²) in [5, 5.41) is 11.2. The molecule has 0 aromatic heterocycles. The van der Waals surface area contributed by atoms with Crippen molar-refractivity contribution < 1.29 is 28.4 Å². The maximum absolute atomic E-state index is 13.7. The van der Waals surface area contributed by atoms with E-state index < -0.39 is 34.9 Å². The van der Waals surface area contributed by atoms with Crippen LogP contribution in [0.4, 0.5) is 10.1 Å². The lowest BCUT2D eigenvalue weighted by molar-refractivity contribution is -0.385. The molecule has 0 unspecified atom stereocenters. The molecule has 1 amide bonds. The summed E-state index contributed by atoms with van der Waals surface area (Å²) in [5.41, 5.74) is -0.149. The number of benzene rings is 2. The summed E-state index contributed by atoms with van der Waals surface area (Å²) in [4.78, 5) is 35.3. The number of amides is 1.